The summed E-state index contributed by atoms with van der Waals surface area (Å²) in [6, 6.07) is 27.6. The number of ether oxygens (including phenoxy) is 1. The second kappa shape index (κ2) is 8.65. The van der Waals surface area contributed by atoms with E-state index < -0.39 is 15.8 Å². The summed E-state index contributed by atoms with van der Waals surface area (Å²) in [7, 11) is -3.34. The normalized spacial score (nSPS) is 15.1. The third kappa shape index (κ3) is 4.11. The molecule has 1 aromatic heterocycles. The molecule has 0 saturated heterocycles. The van der Waals surface area contributed by atoms with Crippen molar-refractivity contribution in [2.45, 2.75) is 4.90 Å². The quantitative estimate of drug-likeness (QED) is 0.369. The number of aromatic nitrogens is 1. The number of para-hydroxylation sites is 1. The maximum absolute atomic E-state index is 13.1. The zero-order valence-corrected chi connectivity index (χ0v) is 19.2. The maximum atomic E-state index is 13.1. The SMILES string of the molecule is CS(=O)(=O)c1ccc(C2=C(c3ccccc3)C(=O)O/C2=C\c2ccccc2-n2cccc2)cc1. The molecule has 5 nitrogen and oxygen atoms in total. The Bertz CT molecular complexity index is 1530. The molecule has 0 spiro atoms. The molecule has 5 rings (SSSR count). The van der Waals surface area contributed by atoms with Gasteiger partial charge in [-0.25, -0.2) is 13.2 Å². The number of sulfone groups is 1. The number of allylic oxidation sites excluding steroid dienone is 1. The molecule has 1 aliphatic rings. The van der Waals surface area contributed by atoms with Crippen molar-refractivity contribution >= 4 is 33.0 Å². The van der Waals surface area contributed by atoms with Crippen LogP contribution in [0, 0.1) is 0 Å². The summed E-state index contributed by atoms with van der Waals surface area (Å²) >= 11 is 0. The molecule has 2 heterocycles. The van der Waals surface area contributed by atoms with Gasteiger partial charge in [-0.05, 0) is 47.5 Å². The highest BCUT2D eigenvalue weighted by molar-refractivity contribution is 7.90. The lowest BCUT2D eigenvalue weighted by atomic mass is 9.94. The lowest BCUT2D eigenvalue weighted by molar-refractivity contribution is -0.131. The van der Waals surface area contributed by atoms with Crippen LogP contribution in [-0.2, 0) is 19.4 Å². The van der Waals surface area contributed by atoms with E-state index in [0.29, 0.717) is 22.5 Å². The summed E-state index contributed by atoms with van der Waals surface area (Å²) in [6.07, 6.45) is 6.92. The Labute approximate surface area is 198 Å². The van der Waals surface area contributed by atoms with E-state index in [0.717, 1.165) is 16.8 Å². The van der Waals surface area contributed by atoms with Crippen LogP contribution in [0.15, 0.2) is 114 Å². The molecule has 0 atom stereocenters. The fourth-order valence-electron chi connectivity index (χ4n) is 4.03. The van der Waals surface area contributed by atoms with Gasteiger partial charge in [-0.15, -0.1) is 0 Å². The predicted molar refractivity (Wildman–Crippen MR) is 133 cm³/mol. The Morgan fingerprint density at radius 3 is 2.03 bits per heavy atom. The van der Waals surface area contributed by atoms with Gasteiger partial charge < -0.3 is 9.30 Å². The van der Waals surface area contributed by atoms with Crippen molar-refractivity contribution in [2.24, 2.45) is 0 Å². The minimum atomic E-state index is -3.34. The molecule has 34 heavy (non-hydrogen) atoms. The van der Waals surface area contributed by atoms with Crippen LogP contribution < -0.4 is 0 Å². The molecular weight excluding hydrogens is 446 g/mol. The summed E-state index contributed by atoms with van der Waals surface area (Å²) in [4.78, 5) is 13.3. The van der Waals surface area contributed by atoms with Crippen molar-refractivity contribution in [3.8, 4) is 5.69 Å². The summed E-state index contributed by atoms with van der Waals surface area (Å²) in [6.45, 7) is 0. The summed E-state index contributed by atoms with van der Waals surface area (Å²) in [5.41, 5.74) is 4.31. The van der Waals surface area contributed by atoms with Crippen molar-refractivity contribution in [1.82, 2.24) is 4.57 Å². The van der Waals surface area contributed by atoms with Crippen molar-refractivity contribution in [1.29, 1.82) is 0 Å². The molecule has 0 radical (unpaired) electrons. The average Bonchev–Trinajstić information content (AvgIpc) is 3.48. The lowest BCUT2D eigenvalue weighted by Gasteiger charge is -2.10. The first kappa shape index (κ1) is 21.7. The first-order valence-electron chi connectivity index (χ1n) is 10.7. The first-order chi connectivity index (χ1) is 16.4. The maximum Gasteiger partial charge on any atom is 0.344 e. The molecule has 0 bridgehead atoms. The Kier molecular flexibility index (Phi) is 5.51. The van der Waals surface area contributed by atoms with Crippen molar-refractivity contribution in [2.75, 3.05) is 6.26 Å². The molecule has 4 aromatic rings. The van der Waals surface area contributed by atoms with E-state index in [2.05, 4.69) is 0 Å². The predicted octanol–water partition coefficient (Wildman–Crippen LogP) is 5.39. The van der Waals surface area contributed by atoms with Gasteiger partial charge >= 0.3 is 5.97 Å². The minimum absolute atomic E-state index is 0.215. The Balaban J connectivity index is 1.71. The van der Waals surface area contributed by atoms with E-state index >= 15 is 0 Å². The van der Waals surface area contributed by atoms with E-state index in [-0.39, 0.29) is 4.90 Å². The minimum Gasteiger partial charge on any atom is -0.422 e. The van der Waals surface area contributed by atoms with Crippen molar-refractivity contribution < 1.29 is 17.9 Å². The van der Waals surface area contributed by atoms with Gasteiger partial charge in [0.2, 0.25) is 0 Å². The van der Waals surface area contributed by atoms with Crippen LogP contribution in [-0.4, -0.2) is 25.2 Å². The number of rotatable bonds is 5. The number of hydrogen-bond donors (Lipinski definition) is 0. The molecule has 6 heteroatoms. The fraction of sp³-hybridized carbons (Fsp3) is 0.0357. The molecule has 0 N–H and O–H groups in total. The van der Waals surface area contributed by atoms with Gasteiger partial charge in [0.15, 0.2) is 9.84 Å². The molecule has 1 aliphatic heterocycles. The van der Waals surface area contributed by atoms with E-state index in [9.17, 15) is 13.2 Å². The summed E-state index contributed by atoms with van der Waals surface area (Å²) < 4.78 is 31.7. The first-order valence-corrected chi connectivity index (χ1v) is 12.6. The van der Waals surface area contributed by atoms with Crippen LogP contribution in [0.3, 0.4) is 0 Å². The molecule has 0 aliphatic carbocycles. The lowest BCUT2D eigenvalue weighted by Crippen LogP contribution is -1.98. The van der Waals surface area contributed by atoms with Crippen LogP contribution in [0.5, 0.6) is 0 Å². The third-order valence-electron chi connectivity index (χ3n) is 5.64. The van der Waals surface area contributed by atoms with E-state index in [1.165, 1.54) is 6.26 Å². The van der Waals surface area contributed by atoms with Crippen LogP contribution in [0.25, 0.3) is 22.9 Å². The van der Waals surface area contributed by atoms with Crippen molar-refractivity contribution in [3.05, 3.63) is 126 Å². The molecule has 0 unspecified atom stereocenters. The highest BCUT2D eigenvalue weighted by atomic mass is 32.2. The van der Waals surface area contributed by atoms with Crippen LogP contribution in [0.1, 0.15) is 16.7 Å². The number of esters is 1. The average molecular weight is 468 g/mol. The molecular formula is C28H21NO4S. The smallest absolute Gasteiger partial charge is 0.344 e. The van der Waals surface area contributed by atoms with Gasteiger partial charge in [-0.1, -0.05) is 60.7 Å². The number of cyclic esters (lactones) is 1. The van der Waals surface area contributed by atoms with Gasteiger partial charge in [0, 0.05) is 29.8 Å². The highest BCUT2D eigenvalue weighted by Gasteiger charge is 2.32. The highest BCUT2D eigenvalue weighted by Crippen LogP contribution is 2.41. The molecule has 0 saturated carbocycles. The number of carbonyl (C=O) groups excluding carboxylic acids is 1. The summed E-state index contributed by atoms with van der Waals surface area (Å²) in [5.74, 6) is -0.0337. The topological polar surface area (TPSA) is 65.4 Å². The van der Waals surface area contributed by atoms with Gasteiger partial charge in [0.25, 0.3) is 0 Å². The molecule has 0 amide bonds. The Hall–Kier alpha value is -4.16. The molecule has 0 fully saturated rings. The molecule has 3 aromatic carbocycles. The number of carbonyl (C=O) groups is 1. The van der Waals surface area contributed by atoms with E-state index in [1.807, 2.05) is 89.8 Å². The van der Waals surface area contributed by atoms with Gasteiger partial charge in [-0.3, -0.25) is 0 Å². The largest absolute Gasteiger partial charge is 0.422 e. The van der Waals surface area contributed by atoms with Gasteiger partial charge in [0.1, 0.15) is 5.76 Å². The van der Waals surface area contributed by atoms with Gasteiger partial charge in [0.05, 0.1) is 16.2 Å². The Morgan fingerprint density at radius 1 is 0.735 bits per heavy atom. The Morgan fingerprint density at radius 2 is 1.35 bits per heavy atom. The number of hydrogen-bond acceptors (Lipinski definition) is 4. The third-order valence-corrected chi connectivity index (χ3v) is 6.77. The second-order valence-corrected chi connectivity index (χ2v) is 9.98. The van der Waals surface area contributed by atoms with Crippen LogP contribution in [0.2, 0.25) is 0 Å². The molecule has 168 valence electrons. The fourth-order valence-corrected chi connectivity index (χ4v) is 4.66. The monoisotopic (exact) mass is 467 g/mol. The second-order valence-electron chi connectivity index (χ2n) is 7.96. The zero-order valence-electron chi connectivity index (χ0n) is 18.4. The van der Waals surface area contributed by atoms with E-state index in [4.69, 9.17) is 4.74 Å². The van der Waals surface area contributed by atoms with Crippen LogP contribution >= 0.6 is 0 Å². The number of nitrogens with zero attached hydrogens (tertiary/aromatic N) is 1. The van der Waals surface area contributed by atoms with Crippen LogP contribution in [0.4, 0.5) is 0 Å². The van der Waals surface area contributed by atoms with Crippen molar-refractivity contribution in [3.63, 3.8) is 0 Å². The van der Waals surface area contributed by atoms with Gasteiger partial charge in [-0.2, -0.15) is 0 Å². The number of benzene rings is 3. The summed E-state index contributed by atoms with van der Waals surface area (Å²) in [5, 5.41) is 0. The van der Waals surface area contributed by atoms with E-state index in [1.54, 1.807) is 24.3 Å². The standard InChI is InChI=1S/C28H21NO4S/c1-34(31,32)23-15-13-21(14-16-23)26-25(33-28(30)27(26)20-9-3-2-4-10-20)19-22-11-5-6-12-24(22)29-17-7-8-18-29/h2-19H,1H3/b25-19-. The zero-order chi connectivity index (χ0) is 23.7.